The lowest BCUT2D eigenvalue weighted by atomic mass is 10.1. The van der Waals surface area contributed by atoms with Crippen molar-refractivity contribution in [2.45, 2.75) is 25.8 Å². The first kappa shape index (κ1) is 11.9. The summed E-state index contributed by atoms with van der Waals surface area (Å²) in [5, 5.41) is 0. The Morgan fingerprint density at radius 1 is 1.50 bits per heavy atom. The number of rotatable bonds is 7. The van der Waals surface area contributed by atoms with Gasteiger partial charge in [0.1, 0.15) is 0 Å². The van der Waals surface area contributed by atoms with Crippen molar-refractivity contribution in [3.8, 4) is 0 Å². The van der Waals surface area contributed by atoms with E-state index < -0.39 is 0 Å². The molecule has 0 rings (SSSR count). The number of ether oxygens (including phenoxy) is 1. The van der Waals surface area contributed by atoms with Crippen molar-refractivity contribution in [1.29, 1.82) is 0 Å². The highest BCUT2D eigenvalue weighted by Gasteiger charge is 2.10. The number of hydrogen-bond acceptors (Lipinski definition) is 3. The lowest BCUT2D eigenvalue weighted by molar-refractivity contribution is 0.134. The summed E-state index contributed by atoms with van der Waals surface area (Å²) < 4.78 is 5.01. The number of likely N-dealkylation sites (N-methyl/N-ethyl adjacent to an activating group) is 1. The third-order valence-corrected chi connectivity index (χ3v) is 2.24. The Bertz CT molecular complexity index is 98.5. The minimum absolute atomic E-state index is 0.616. The van der Waals surface area contributed by atoms with E-state index in [-0.39, 0.29) is 0 Å². The van der Waals surface area contributed by atoms with E-state index in [2.05, 4.69) is 18.9 Å². The summed E-state index contributed by atoms with van der Waals surface area (Å²) in [5.74, 6) is 0. The molecule has 0 aliphatic rings. The predicted octanol–water partition coefficient (Wildman–Crippen LogP) is 0.692. The summed E-state index contributed by atoms with van der Waals surface area (Å²) in [6.07, 6.45) is 2.24. The molecule has 12 heavy (non-hydrogen) atoms. The van der Waals surface area contributed by atoms with Gasteiger partial charge in [-0.1, -0.05) is 6.92 Å². The minimum Gasteiger partial charge on any atom is -0.383 e. The fraction of sp³-hybridized carbons (Fsp3) is 1.00. The smallest absolute Gasteiger partial charge is 0.0589 e. The summed E-state index contributed by atoms with van der Waals surface area (Å²) >= 11 is 0. The molecule has 0 radical (unpaired) electrons. The van der Waals surface area contributed by atoms with Crippen LogP contribution in [-0.2, 0) is 4.74 Å². The van der Waals surface area contributed by atoms with Crippen molar-refractivity contribution >= 4 is 0 Å². The van der Waals surface area contributed by atoms with E-state index >= 15 is 0 Å². The summed E-state index contributed by atoms with van der Waals surface area (Å²) in [6, 6.07) is 0.616. The van der Waals surface area contributed by atoms with E-state index in [1.165, 1.54) is 0 Å². The van der Waals surface area contributed by atoms with Gasteiger partial charge in [0.05, 0.1) is 6.61 Å². The van der Waals surface area contributed by atoms with Gasteiger partial charge in [-0.15, -0.1) is 0 Å². The molecule has 0 aromatic rings. The zero-order chi connectivity index (χ0) is 9.40. The molecule has 0 amide bonds. The molecule has 0 aromatic carbocycles. The quantitative estimate of drug-likeness (QED) is 0.617. The molecule has 2 N–H and O–H groups in total. The van der Waals surface area contributed by atoms with Crippen LogP contribution < -0.4 is 5.73 Å². The van der Waals surface area contributed by atoms with Gasteiger partial charge in [0.25, 0.3) is 0 Å². The molecule has 0 fully saturated rings. The maximum absolute atomic E-state index is 5.51. The van der Waals surface area contributed by atoms with Crippen molar-refractivity contribution < 1.29 is 4.74 Å². The maximum atomic E-state index is 5.51. The highest BCUT2D eigenvalue weighted by atomic mass is 16.5. The normalized spacial score (nSPS) is 13.8. The molecule has 0 aromatic heterocycles. The van der Waals surface area contributed by atoms with E-state index in [9.17, 15) is 0 Å². The van der Waals surface area contributed by atoms with Crippen molar-refractivity contribution in [1.82, 2.24) is 4.90 Å². The molecule has 1 unspecified atom stereocenters. The van der Waals surface area contributed by atoms with Gasteiger partial charge in [-0.05, 0) is 26.4 Å². The summed E-state index contributed by atoms with van der Waals surface area (Å²) in [6.45, 7) is 4.77. The molecule has 0 saturated carbocycles. The predicted molar refractivity (Wildman–Crippen MR) is 52.3 cm³/mol. The number of nitrogens with zero attached hydrogens (tertiary/aromatic N) is 1. The maximum Gasteiger partial charge on any atom is 0.0589 e. The van der Waals surface area contributed by atoms with Gasteiger partial charge in [0.2, 0.25) is 0 Å². The summed E-state index contributed by atoms with van der Waals surface area (Å²) in [5.41, 5.74) is 5.51. The summed E-state index contributed by atoms with van der Waals surface area (Å²) in [4.78, 5) is 2.32. The van der Waals surface area contributed by atoms with Crippen molar-refractivity contribution in [3.05, 3.63) is 0 Å². The van der Waals surface area contributed by atoms with E-state index in [1.807, 2.05) is 0 Å². The first-order valence-electron chi connectivity index (χ1n) is 4.65. The topological polar surface area (TPSA) is 38.5 Å². The second-order valence-corrected chi connectivity index (χ2v) is 3.11. The minimum atomic E-state index is 0.616. The monoisotopic (exact) mass is 174 g/mol. The highest BCUT2D eigenvalue weighted by molar-refractivity contribution is 4.66. The molecule has 0 saturated heterocycles. The van der Waals surface area contributed by atoms with E-state index in [0.29, 0.717) is 6.04 Å². The Morgan fingerprint density at radius 3 is 2.58 bits per heavy atom. The van der Waals surface area contributed by atoms with Crippen LogP contribution in [-0.4, -0.2) is 44.8 Å². The van der Waals surface area contributed by atoms with Crippen molar-refractivity contribution in [2.75, 3.05) is 33.9 Å². The molecule has 3 heteroatoms. The number of nitrogens with two attached hydrogens (primary N) is 1. The van der Waals surface area contributed by atoms with Crippen LogP contribution in [0, 0.1) is 0 Å². The zero-order valence-corrected chi connectivity index (χ0v) is 8.55. The Labute approximate surface area is 75.9 Å². The Kier molecular flexibility index (Phi) is 7.45. The van der Waals surface area contributed by atoms with Gasteiger partial charge < -0.3 is 15.4 Å². The zero-order valence-electron chi connectivity index (χ0n) is 8.55. The van der Waals surface area contributed by atoms with Crippen LogP contribution in [0.1, 0.15) is 19.8 Å². The average molecular weight is 174 g/mol. The molecule has 0 heterocycles. The summed E-state index contributed by atoms with van der Waals surface area (Å²) in [7, 11) is 3.86. The Hall–Kier alpha value is -0.120. The van der Waals surface area contributed by atoms with Crippen molar-refractivity contribution in [2.24, 2.45) is 5.73 Å². The molecule has 0 aliphatic carbocycles. The second kappa shape index (κ2) is 7.53. The first-order valence-corrected chi connectivity index (χ1v) is 4.65. The standard InChI is InChI=1S/C9H22N2O/c1-4-9(5-6-10)11(2)7-8-12-3/h9H,4-8,10H2,1-3H3. The van der Waals surface area contributed by atoms with Crippen LogP contribution in [0.15, 0.2) is 0 Å². The van der Waals surface area contributed by atoms with Crippen molar-refractivity contribution in [3.63, 3.8) is 0 Å². The van der Waals surface area contributed by atoms with Crippen LogP contribution in [0.4, 0.5) is 0 Å². The van der Waals surface area contributed by atoms with Crippen LogP contribution in [0.3, 0.4) is 0 Å². The molecule has 0 aliphatic heterocycles. The van der Waals surface area contributed by atoms with Crippen LogP contribution in [0.2, 0.25) is 0 Å². The lowest BCUT2D eigenvalue weighted by Gasteiger charge is -2.26. The molecular weight excluding hydrogens is 152 g/mol. The third-order valence-electron chi connectivity index (χ3n) is 2.24. The van der Waals surface area contributed by atoms with E-state index in [4.69, 9.17) is 10.5 Å². The first-order chi connectivity index (χ1) is 5.76. The molecule has 0 spiro atoms. The van der Waals surface area contributed by atoms with Crippen LogP contribution >= 0.6 is 0 Å². The van der Waals surface area contributed by atoms with E-state index in [1.54, 1.807) is 7.11 Å². The molecular formula is C9H22N2O. The van der Waals surface area contributed by atoms with Gasteiger partial charge in [-0.3, -0.25) is 0 Å². The largest absolute Gasteiger partial charge is 0.383 e. The third kappa shape index (κ3) is 4.70. The number of methoxy groups -OCH3 is 1. The molecule has 1 atom stereocenters. The molecule has 0 bridgehead atoms. The van der Waals surface area contributed by atoms with Gasteiger partial charge in [0, 0.05) is 19.7 Å². The number of hydrogen-bond donors (Lipinski definition) is 1. The van der Waals surface area contributed by atoms with Gasteiger partial charge in [-0.25, -0.2) is 0 Å². The molecule has 74 valence electrons. The van der Waals surface area contributed by atoms with Gasteiger partial charge >= 0.3 is 0 Å². The Morgan fingerprint density at radius 2 is 2.17 bits per heavy atom. The van der Waals surface area contributed by atoms with E-state index in [0.717, 1.165) is 32.5 Å². The Balaban J connectivity index is 3.60. The SMILES string of the molecule is CCC(CCN)N(C)CCOC. The van der Waals surface area contributed by atoms with Crippen LogP contribution in [0.5, 0.6) is 0 Å². The van der Waals surface area contributed by atoms with Gasteiger partial charge in [0.15, 0.2) is 0 Å². The second-order valence-electron chi connectivity index (χ2n) is 3.11. The fourth-order valence-electron chi connectivity index (χ4n) is 1.35. The highest BCUT2D eigenvalue weighted by Crippen LogP contribution is 2.04. The average Bonchev–Trinajstić information content (AvgIpc) is 2.10. The van der Waals surface area contributed by atoms with Gasteiger partial charge in [-0.2, -0.15) is 0 Å². The van der Waals surface area contributed by atoms with Crippen LogP contribution in [0.25, 0.3) is 0 Å². The molecule has 3 nitrogen and oxygen atoms in total. The fourth-order valence-corrected chi connectivity index (χ4v) is 1.35. The lowest BCUT2D eigenvalue weighted by Crippen LogP contribution is -2.35.